The van der Waals surface area contributed by atoms with E-state index >= 15 is 0 Å². The molecule has 1 saturated heterocycles. The van der Waals surface area contributed by atoms with Crippen LogP contribution in [0.3, 0.4) is 0 Å². The van der Waals surface area contributed by atoms with Gasteiger partial charge in [-0.1, -0.05) is 24.6 Å². The molecule has 5 nitrogen and oxygen atoms in total. The molecule has 0 aliphatic carbocycles. The van der Waals surface area contributed by atoms with E-state index in [4.69, 9.17) is 0 Å². The highest BCUT2D eigenvalue weighted by Gasteiger charge is 2.28. The third-order valence-corrected chi connectivity index (χ3v) is 4.92. The van der Waals surface area contributed by atoms with Crippen molar-refractivity contribution in [2.45, 2.75) is 44.7 Å². The fraction of sp³-hybridized carbons (Fsp3) is 0.632. The fourth-order valence-electron chi connectivity index (χ4n) is 3.40. The Labute approximate surface area is 145 Å². The summed E-state index contributed by atoms with van der Waals surface area (Å²) in [5.41, 5.74) is 1.19. The number of hydrogen-bond acceptors (Lipinski definition) is 4. The van der Waals surface area contributed by atoms with E-state index in [-0.39, 0.29) is 18.6 Å². The number of rotatable bonds is 8. The molecule has 0 saturated carbocycles. The van der Waals surface area contributed by atoms with Crippen LogP contribution in [0.25, 0.3) is 0 Å². The van der Waals surface area contributed by atoms with Crippen molar-refractivity contribution < 1.29 is 9.90 Å². The second kappa shape index (κ2) is 9.64. The van der Waals surface area contributed by atoms with Gasteiger partial charge in [-0.15, -0.1) is 0 Å². The summed E-state index contributed by atoms with van der Waals surface area (Å²) in [6.45, 7) is 4.26. The molecule has 1 aromatic carbocycles. The summed E-state index contributed by atoms with van der Waals surface area (Å²) < 4.78 is 0. The van der Waals surface area contributed by atoms with Crippen LogP contribution in [-0.4, -0.2) is 61.3 Å². The monoisotopic (exact) mass is 333 g/mol. The Bertz CT molecular complexity index is 495. The lowest BCUT2D eigenvalue weighted by molar-refractivity contribution is -0.124. The lowest BCUT2D eigenvalue weighted by Gasteiger charge is -2.39. The summed E-state index contributed by atoms with van der Waals surface area (Å²) in [7, 11) is 2.07. The van der Waals surface area contributed by atoms with Crippen LogP contribution in [0.2, 0.25) is 0 Å². The summed E-state index contributed by atoms with van der Waals surface area (Å²) in [6.07, 6.45) is 4.13. The van der Waals surface area contributed by atoms with Gasteiger partial charge in [0.05, 0.1) is 13.2 Å². The number of anilines is 1. The van der Waals surface area contributed by atoms with E-state index < -0.39 is 0 Å². The van der Waals surface area contributed by atoms with Crippen molar-refractivity contribution in [3.8, 4) is 0 Å². The van der Waals surface area contributed by atoms with Crippen LogP contribution in [0.1, 0.15) is 32.6 Å². The quantitative estimate of drug-likeness (QED) is 0.713. The second-order valence-corrected chi connectivity index (χ2v) is 6.75. The van der Waals surface area contributed by atoms with Crippen LogP contribution >= 0.6 is 0 Å². The maximum atomic E-state index is 12.2. The van der Waals surface area contributed by atoms with Gasteiger partial charge in [-0.05, 0) is 38.3 Å². The van der Waals surface area contributed by atoms with Crippen molar-refractivity contribution >= 4 is 11.6 Å². The average molecular weight is 333 g/mol. The molecule has 2 unspecified atom stereocenters. The van der Waals surface area contributed by atoms with Gasteiger partial charge in [0.15, 0.2) is 0 Å². The molecule has 0 radical (unpaired) electrons. The summed E-state index contributed by atoms with van der Waals surface area (Å²) in [4.78, 5) is 16.5. The van der Waals surface area contributed by atoms with E-state index in [0.717, 1.165) is 32.2 Å². The molecule has 5 heteroatoms. The Morgan fingerprint density at radius 1 is 1.33 bits per heavy atom. The normalized spacial score (nSPS) is 21.5. The molecule has 2 N–H and O–H groups in total. The predicted molar refractivity (Wildman–Crippen MR) is 98.2 cm³/mol. The predicted octanol–water partition coefficient (Wildman–Crippen LogP) is 1.86. The van der Waals surface area contributed by atoms with Gasteiger partial charge in [-0.2, -0.15) is 0 Å². The lowest BCUT2D eigenvalue weighted by Crippen LogP contribution is -2.51. The highest BCUT2D eigenvalue weighted by Crippen LogP contribution is 2.21. The number of nitrogens with zero attached hydrogens (tertiary/aromatic N) is 2. The Morgan fingerprint density at radius 3 is 2.79 bits per heavy atom. The number of carbonyl (C=O) groups is 1. The number of carbonyl (C=O) groups excluding carboxylic acids is 1. The number of hydrogen-bond donors (Lipinski definition) is 2. The van der Waals surface area contributed by atoms with Crippen molar-refractivity contribution in [3.63, 3.8) is 0 Å². The zero-order valence-corrected chi connectivity index (χ0v) is 14.9. The van der Waals surface area contributed by atoms with Crippen LogP contribution in [0.5, 0.6) is 0 Å². The topological polar surface area (TPSA) is 55.8 Å². The zero-order chi connectivity index (χ0) is 17.4. The standard InChI is InChI=1S/C19H31N3O2/c1-16-8-6-11-18(15-23)22(16)14-19(24)20-12-7-13-21(2)17-9-4-3-5-10-17/h3-5,9-10,16,18,23H,6-8,11-15H2,1-2H3,(H,20,24). The minimum absolute atomic E-state index is 0.0598. The fourth-order valence-corrected chi connectivity index (χ4v) is 3.40. The van der Waals surface area contributed by atoms with Crippen molar-refractivity contribution in [3.05, 3.63) is 30.3 Å². The number of aliphatic hydroxyl groups excluding tert-OH is 1. The number of benzene rings is 1. The Hall–Kier alpha value is -1.59. The number of likely N-dealkylation sites (tertiary alicyclic amines) is 1. The van der Waals surface area contributed by atoms with Gasteiger partial charge >= 0.3 is 0 Å². The van der Waals surface area contributed by atoms with Crippen molar-refractivity contribution in [2.24, 2.45) is 0 Å². The number of piperidine rings is 1. The molecule has 1 amide bonds. The van der Waals surface area contributed by atoms with Gasteiger partial charge in [0, 0.05) is 37.9 Å². The van der Waals surface area contributed by atoms with Gasteiger partial charge in [0.2, 0.25) is 5.91 Å². The summed E-state index contributed by atoms with van der Waals surface area (Å²) in [5, 5.41) is 12.5. The molecular formula is C19H31N3O2. The number of aliphatic hydroxyl groups is 1. The first-order chi connectivity index (χ1) is 11.6. The van der Waals surface area contributed by atoms with E-state index in [1.54, 1.807) is 0 Å². The third-order valence-electron chi connectivity index (χ3n) is 4.92. The highest BCUT2D eigenvalue weighted by molar-refractivity contribution is 5.78. The zero-order valence-electron chi connectivity index (χ0n) is 14.9. The largest absolute Gasteiger partial charge is 0.395 e. The van der Waals surface area contributed by atoms with Crippen molar-refractivity contribution in [1.82, 2.24) is 10.2 Å². The van der Waals surface area contributed by atoms with E-state index in [9.17, 15) is 9.90 Å². The molecule has 2 atom stereocenters. The molecule has 0 aromatic heterocycles. The van der Waals surface area contributed by atoms with Gasteiger partial charge in [0.1, 0.15) is 0 Å². The first kappa shape index (κ1) is 18.7. The van der Waals surface area contributed by atoms with Gasteiger partial charge < -0.3 is 15.3 Å². The van der Waals surface area contributed by atoms with Crippen molar-refractivity contribution in [1.29, 1.82) is 0 Å². The maximum Gasteiger partial charge on any atom is 0.234 e. The van der Waals surface area contributed by atoms with Crippen molar-refractivity contribution in [2.75, 3.05) is 38.2 Å². The number of para-hydroxylation sites is 1. The maximum absolute atomic E-state index is 12.2. The van der Waals surface area contributed by atoms with E-state index in [1.165, 1.54) is 5.69 Å². The molecule has 0 bridgehead atoms. The Kier molecular flexibility index (Phi) is 7.53. The molecule has 1 fully saturated rings. The first-order valence-corrected chi connectivity index (χ1v) is 9.01. The third kappa shape index (κ3) is 5.49. The molecule has 1 aliphatic rings. The Balaban J connectivity index is 1.67. The smallest absolute Gasteiger partial charge is 0.234 e. The number of nitrogens with one attached hydrogen (secondary N) is 1. The minimum Gasteiger partial charge on any atom is -0.395 e. The molecule has 2 rings (SSSR count). The number of amides is 1. The molecule has 134 valence electrons. The summed E-state index contributed by atoms with van der Waals surface area (Å²) >= 11 is 0. The van der Waals surface area contributed by atoms with Crippen LogP contribution in [0.4, 0.5) is 5.69 Å². The van der Waals surface area contributed by atoms with E-state index in [2.05, 4.69) is 41.2 Å². The molecule has 1 aromatic rings. The highest BCUT2D eigenvalue weighted by atomic mass is 16.3. The van der Waals surface area contributed by atoms with Gasteiger partial charge in [0.25, 0.3) is 0 Å². The summed E-state index contributed by atoms with van der Waals surface area (Å²) in [6, 6.07) is 10.8. The van der Waals surface area contributed by atoms with Crippen LogP contribution < -0.4 is 10.2 Å². The molecule has 1 aliphatic heterocycles. The minimum atomic E-state index is 0.0598. The van der Waals surface area contributed by atoms with Crippen LogP contribution in [0.15, 0.2) is 30.3 Å². The first-order valence-electron chi connectivity index (χ1n) is 9.01. The van der Waals surface area contributed by atoms with Gasteiger partial charge in [-0.3, -0.25) is 9.69 Å². The van der Waals surface area contributed by atoms with E-state index in [0.29, 0.717) is 19.1 Å². The average Bonchev–Trinajstić information content (AvgIpc) is 2.61. The summed E-state index contributed by atoms with van der Waals surface area (Å²) in [5.74, 6) is 0.0598. The van der Waals surface area contributed by atoms with Crippen LogP contribution in [-0.2, 0) is 4.79 Å². The van der Waals surface area contributed by atoms with E-state index in [1.807, 2.05) is 18.2 Å². The molecular weight excluding hydrogens is 302 g/mol. The van der Waals surface area contributed by atoms with Gasteiger partial charge in [-0.25, -0.2) is 0 Å². The SMILES string of the molecule is CC1CCCC(CO)N1CC(=O)NCCCN(C)c1ccccc1. The van der Waals surface area contributed by atoms with Crippen LogP contribution in [0, 0.1) is 0 Å². The molecule has 1 heterocycles. The second-order valence-electron chi connectivity index (χ2n) is 6.75. The Morgan fingerprint density at radius 2 is 2.08 bits per heavy atom. The molecule has 24 heavy (non-hydrogen) atoms. The lowest BCUT2D eigenvalue weighted by atomic mass is 9.97. The molecule has 0 spiro atoms.